The second-order valence-corrected chi connectivity index (χ2v) is 32.2. The number of fused-ring (bicyclic) bond motifs is 9. The van der Waals surface area contributed by atoms with Crippen LogP contribution in [-0.4, -0.2) is 86.0 Å². The zero-order valence-electron chi connectivity index (χ0n) is 67.8. The van der Waals surface area contributed by atoms with Crippen LogP contribution >= 0.6 is 23.2 Å². The Morgan fingerprint density at radius 3 is 0.831 bits per heavy atom. The Labute approximate surface area is 724 Å². The Morgan fingerprint density at radius 1 is 0.226 bits per heavy atom. The van der Waals surface area contributed by atoms with Gasteiger partial charge in [0.05, 0.1) is 66.4 Å². The van der Waals surface area contributed by atoms with E-state index in [-0.39, 0.29) is 21.8 Å². The summed E-state index contributed by atoms with van der Waals surface area (Å²) >= 11 is 11.8. The highest BCUT2D eigenvalue weighted by Gasteiger charge is 2.52. The smallest absolute Gasteiger partial charge is 0.399 e. The Balaban J connectivity index is 0.000000135. The van der Waals surface area contributed by atoms with Gasteiger partial charge >= 0.3 is 7.12 Å². The van der Waals surface area contributed by atoms with Crippen LogP contribution in [0.5, 0.6) is 0 Å². The maximum Gasteiger partial charge on any atom is 0.494 e. The van der Waals surface area contributed by atoms with Gasteiger partial charge in [0, 0.05) is 88.9 Å². The number of hydrogen-bond donors (Lipinski definition) is 0. The summed E-state index contributed by atoms with van der Waals surface area (Å²) in [5.74, 6) is 4.74. The van der Waals surface area contributed by atoms with Gasteiger partial charge in [-0.05, 0) is 214 Å². The molecule has 0 aliphatic carbocycles. The summed E-state index contributed by atoms with van der Waals surface area (Å²) in [5.41, 5.74) is 22.2. The van der Waals surface area contributed by atoms with Crippen LogP contribution in [0.1, 0.15) is 27.7 Å². The second kappa shape index (κ2) is 31.8. The Kier molecular flexibility index (Phi) is 19.6. The molecule has 0 saturated carbocycles. The molecule has 23 rings (SSSR count). The molecule has 0 radical (unpaired) electrons. The van der Waals surface area contributed by atoms with Gasteiger partial charge in [-0.25, -0.2) is 29.9 Å². The molecule has 1 saturated heterocycles. The van der Waals surface area contributed by atoms with Gasteiger partial charge in [0.2, 0.25) is 10.6 Å². The highest BCUT2D eigenvalue weighted by Crippen LogP contribution is 2.41. The average molecular weight is 1650 g/mol. The van der Waals surface area contributed by atoms with Crippen LogP contribution in [-0.2, 0) is 9.31 Å². The molecule has 1 aliphatic rings. The van der Waals surface area contributed by atoms with Crippen molar-refractivity contribution in [2.24, 2.45) is 0 Å². The first-order chi connectivity index (χ1) is 60.8. The zero-order valence-corrected chi connectivity index (χ0v) is 69.3. The molecule has 16 nitrogen and oxygen atoms in total. The van der Waals surface area contributed by atoms with E-state index in [0.29, 0.717) is 23.3 Å². The minimum Gasteiger partial charge on any atom is -0.399 e. The highest BCUT2D eigenvalue weighted by molar-refractivity contribution is 6.62. The van der Waals surface area contributed by atoms with Crippen molar-refractivity contribution in [1.29, 1.82) is 0 Å². The first kappa shape index (κ1) is 76.3. The van der Waals surface area contributed by atoms with E-state index >= 15 is 0 Å². The van der Waals surface area contributed by atoms with Gasteiger partial charge in [0.25, 0.3) is 0 Å². The summed E-state index contributed by atoms with van der Waals surface area (Å²) in [6, 6.07) is 131. The lowest BCUT2D eigenvalue weighted by Gasteiger charge is -2.32. The van der Waals surface area contributed by atoms with Gasteiger partial charge < -0.3 is 18.4 Å². The molecule has 0 spiro atoms. The van der Waals surface area contributed by atoms with E-state index in [1.54, 1.807) is 0 Å². The quantitative estimate of drug-likeness (QED) is 0.101. The number of imidazole rings is 3. The summed E-state index contributed by atoms with van der Waals surface area (Å²) in [6.45, 7) is 8.29. The minimum atomic E-state index is -0.401. The molecule has 15 aromatic carbocycles. The molecule has 1 fully saturated rings. The molecule has 0 N–H and O–H groups in total. The van der Waals surface area contributed by atoms with Gasteiger partial charge in [-0.2, -0.15) is 15.0 Å². The zero-order chi connectivity index (χ0) is 83.6. The number of rotatable bonds is 13. The van der Waals surface area contributed by atoms with Crippen LogP contribution in [0.15, 0.2) is 382 Å². The summed E-state index contributed by atoms with van der Waals surface area (Å²) in [4.78, 5) is 43.3. The van der Waals surface area contributed by atoms with Gasteiger partial charge in [-0.15, -0.1) is 0 Å². The summed E-state index contributed by atoms with van der Waals surface area (Å²) in [6.07, 6.45) is 0. The molecule has 22 aromatic rings. The fourth-order valence-corrected chi connectivity index (χ4v) is 17.0. The number of nitrogens with zero attached hydrogens (tertiary/aromatic N) is 14. The van der Waals surface area contributed by atoms with Crippen molar-refractivity contribution in [3.8, 4) is 108 Å². The molecule has 0 atom stereocenters. The topological polar surface area (TPSA) is 159 Å². The first-order valence-corrected chi connectivity index (χ1v) is 41.8. The molecule has 0 unspecified atom stereocenters. The monoisotopic (exact) mass is 1640 g/mol. The molecule has 19 heteroatoms. The maximum atomic E-state index is 6.25. The van der Waals surface area contributed by atoms with E-state index in [4.69, 9.17) is 62.4 Å². The lowest BCUT2D eigenvalue weighted by molar-refractivity contribution is 0.00578. The molecule has 124 heavy (non-hydrogen) atoms. The van der Waals surface area contributed by atoms with Crippen LogP contribution < -0.4 is 5.46 Å². The standard InChI is InChI=1S/C59H38N8.C25H25BN2O2.C21H12Cl2N4/c1-5-17-40(18-6-1)58-60-49-37-42(31-35-53(49)66(58)44-21-9-3-10-22-44)56-62-55(39-29-33-46(34-30-39)65-51-27-15-13-25-47(51)48-26-14-16-28-52(48)65)63-57(64-56)43-32-36-54-50(38-43)61-59(41-19-7-2-8-20-41)67(54)45-23-11-4-12-24-45;1-24(2)25(3,4)30-26(29-24)19-15-16-22-21(17-19)27-23(18-11-7-5-8-12-18)28(22)20-13-9-6-10-14-20;22-20-24-19(25-21(23)26-20)13-9-11-14(12-10-13)27-17-7-3-1-5-15(17)16-6-2-4-8-18(16)27/h1-38H;5-17H,1-4H3;1-12H. The van der Waals surface area contributed by atoms with Crippen LogP contribution in [0.4, 0.5) is 0 Å². The van der Waals surface area contributed by atoms with Crippen molar-refractivity contribution < 1.29 is 9.31 Å². The Morgan fingerprint density at radius 2 is 0.492 bits per heavy atom. The molecule has 0 bridgehead atoms. The Hall–Kier alpha value is -15.1. The normalized spacial score (nSPS) is 13.0. The maximum absolute atomic E-state index is 6.25. The van der Waals surface area contributed by atoms with Crippen LogP contribution in [0.2, 0.25) is 10.6 Å². The first-order valence-electron chi connectivity index (χ1n) is 41.1. The predicted molar refractivity (Wildman–Crippen MR) is 502 cm³/mol. The van der Waals surface area contributed by atoms with Gasteiger partial charge in [-0.1, -0.05) is 224 Å². The van der Waals surface area contributed by atoms with Gasteiger partial charge in [0.15, 0.2) is 23.3 Å². The summed E-state index contributed by atoms with van der Waals surface area (Å²) < 4.78 is 23.7. The molecular weight excluding hydrogens is 1570 g/mol. The Bertz CT molecular complexity index is 7440. The third-order valence-electron chi connectivity index (χ3n) is 23.3. The van der Waals surface area contributed by atoms with Gasteiger partial charge in [-0.3, -0.25) is 13.7 Å². The van der Waals surface area contributed by atoms with E-state index in [1.807, 2.05) is 97.1 Å². The lowest BCUT2D eigenvalue weighted by Crippen LogP contribution is -2.41. The number of para-hydroxylation sites is 7. The van der Waals surface area contributed by atoms with Crippen molar-refractivity contribution >= 4 is 112 Å². The van der Waals surface area contributed by atoms with Crippen molar-refractivity contribution in [2.45, 2.75) is 38.9 Å². The van der Waals surface area contributed by atoms with Crippen molar-refractivity contribution in [1.82, 2.24) is 67.7 Å². The fraction of sp³-hybridized carbons (Fsp3) is 0.0571. The van der Waals surface area contributed by atoms with E-state index < -0.39 is 7.12 Å². The molecule has 7 aromatic heterocycles. The molecule has 0 amide bonds. The van der Waals surface area contributed by atoms with Crippen molar-refractivity contribution in [3.63, 3.8) is 0 Å². The molecule has 594 valence electrons. The number of halogens is 2. The number of hydrogen-bond acceptors (Lipinski definition) is 11. The average Bonchev–Trinajstić information content (AvgIpc) is 1.64. The van der Waals surface area contributed by atoms with E-state index in [1.165, 1.54) is 21.5 Å². The SMILES string of the molecule is CC1(C)OB(c2ccc3c(c2)nc(-c2ccccc2)n3-c2ccccc2)OC1(C)C.Clc1nc(Cl)nc(-c2ccc(-n3c4ccccc4c4ccccc43)cc2)n1.c1ccc(-c2nc3cc(-c4nc(-c5ccc(-n6c7ccccc7c7ccccc76)cc5)nc(-c5ccc6c(c5)nc(-c5ccccc5)n6-c5ccccc5)n4)ccc3n2-c2ccccc2)cc1. The lowest BCUT2D eigenvalue weighted by atomic mass is 9.79. The van der Waals surface area contributed by atoms with E-state index in [2.05, 4.69) is 351 Å². The van der Waals surface area contributed by atoms with Crippen LogP contribution in [0, 0.1) is 0 Å². The van der Waals surface area contributed by atoms with Crippen LogP contribution in [0.3, 0.4) is 0 Å². The number of benzene rings is 15. The second-order valence-electron chi connectivity index (χ2n) is 31.5. The summed E-state index contributed by atoms with van der Waals surface area (Å²) in [7, 11) is -0.401. The summed E-state index contributed by atoms with van der Waals surface area (Å²) in [5, 5.41) is 5.06. The van der Waals surface area contributed by atoms with Crippen molar-refractivity contribution in [3.05, 3.63) is 393 Å². The third kappa shape index (κ3) is 14.2. The van der Waals surface area contributed by atoms with E-state index in [0.717, 1.165) is 145 Å². The highest BCUT2D eigenvalue weighted by atomic mass is 35.5. The van der Waals surface area contributed by atoms with Gasteiger partial charge in [0.1, 0.15) is 17.5 Å². The van der Waals surface area contributed by atoms with Crippen molar-refractivity contribution in [2.75, 3.05) is 0 Å². The molecule has 8 heterocycles. The largest absolute Gasteiger partial charge is 0.494 e. The third-order valence-corrected chi connectivity index (χ3v) is 23.7. The minimum absolute atomic E-state index is 0.0801. The fourth-order valence-electron chi connectivity index (χ4n) is 16.7. The van der Waals surface area contributed by atoms with Crippen LogP contribution in [0.25, 0.3) is 185 Å². The number of aromatic nitrogens is 14. The van der Waals surface area contributed by atoms with E-state index in [9.17, 15) is 0 Å². The predicted octanol–water partition coefficient (Wildman–Crippen LogP) is 24.9. The molecular formula is C105H75BCl2N14O2. The molecule has 1 aliphatic heterocycles.